The van der Waals surface area contributed by atoms with E-state index < -0.39 is 0 Å². The Morgan fingerprint density at radius 1 is 1.16 bits per heavy atom. The van der Waals surface area contributed by atoms with Crippen LogP contribution in [0.2, 0.25) is 15.1 Å². The number of aromatic nitrogens is 1. The molecule has 0 amide bonds. The van der Waals surface area contributed by atoms with Crippen LogP contribution in [0.1, 0.15) is 18.9 Å². The molecular formula is C14H15Cl3N2. The third-order valence-corrected chi connectivity index (χ3v) is 3.58. The molecule has 1 aromatic carbocycles. The largest absolute Gasteiger partial charge is 0.378 e. The van der Waals surface area contributed by atoms with Gasteiger partial charge in [-0.05, 0) is 30.2 Å². The number of nitrogens with zero attached hydrogens (tertiary/aromatic N) is 1. The number of aryl methyl sites for hydroxylation is 1. The zero-order valence-corrected chi connectivity index (χ0v) is 12.9. The van der Waals surface area contributed by atoms with Gasteiger partial charge in [-0.15, -0.1) is 0 Å². The topological polar surface area (TPSA) is 17.0 Å². The number of benzene rings is 1. The summed E-state index contributed by atoms with van der Waals surface area (Å²) in [6, 6.07) is 5.44. The van der Waals surface area contributed by atoms with Gasteiger partial charge in [-0.25, -0.2) is 0 Å². The van der Waals surface area contributed by atoms with Crippen molar-refractivity contribution in [3.63, 3.8) is 0 Å². The van der Waals surface area contributed by atoms with E-state index in [1.165, 1.54) is 5.56 Å². The average molecular weight is 318 g/mol. The van der Waals surface area contributed by atoms with Crippen molar-refractivity contribution in [1.29, 1.82) is 0 Å². The second-order valence-electron chi connectivity index (χ2n) is 4.36. The lowest BCUT2D eigenvalue weighted by atomic mass is 10.3. The van der Waals surface area contributed by atoms with Gasteiger partial charge in [-0.2, -0.15) is 0 Å². The molecular weight excluding hydrogens is 303 g/mol. The summed E-state index contributed by atoms with van der Waals surface area (Å²) in [5, 5.41) is 4.85. The van der Waals surface area contributed by atoms with Crippen molar-refractivity contribution < 1.29 is 0 Å². The lowest BCUT2D eigenvalue weighted by Crippen LogP contribution is -2.00. The number of hydrogen-bond donors (Lipinski definition) is 1. The molecule has 0 atom stereocenters. The smallest absolute Gasteiger partial charge is 0.0722 e. The minimum Gasteiger partial charge on any atom is -0.378 e. The zero-order chi connectivity index (χ0) is 13.8. The van der Waals surface area contributed by atoms with Crippen molar-refractivity contribution in [3.05, 3.63) is 51.2 Å². The van der Waals surface area contributed by atoms with E-state index >= 15 is 0 Å². The van der Waals surface area contributed by atoms with E-state index in [1.807, 2.05) is 0 Å². The summed E-state index contributed by atoms with van der Waals surface area (Å²) >= 11 is 18.1. The number of hydrogen-bond acceptors (Lipinski definition) is 1. The molecule has 0 aliphatic rings. The third kappa shape index (κ3) is 3.82. The summed E-state index contributed by atoms with van der Waals surface area (Å²) in [4.78, 5) is 0. The monoisotopic (exact) mass is 316 g/mol. The quantitative estimate of drug-likeness (QED) is 0.773. The SMILES string of the molecule is CCCn1ccc(CNc2c(Cl)cc(Cl)cc2Cl)c1. The van der Waals surface area contributed by atoms with E-state index in [0.717, 1.165) is 18.7 Å². The highest BCUT2D eigenvalue weighted by molar-refractivity contribution is 6.41. The second kappa shape index (κ2) is 6.56. The Balaban J connectivity index is 2.05. The van der Waals surface area contributed by atoms with E-state index in [9.17, 15) is 0 Å². The Hall–Kier alpha value is -0.830. The Bertz CT molecular complexity index is 541. The van der Waals surface area contributed by atoms with Gasteiger partial charge in [0.2, 0.25) is 0 Å². The Morgan fingerprint density at radius 3 is 2.47 bits per heavy atom. The molecule has 0 spiro atoms. The maximum absolute atomic E-state index is 6.12. The van der Waals surface area contributed by atoms with Crippen LogP contribution in [-0.2, 0) is 13.1 Å². The normalized spacial score (nSPS) is 10.7. The predicted octanol–water partition coefficient (Wildman–Crippen LogP) is 5.47. The van der Waals surface area contributed by atoms with Gasteiger partial charge in [-0.3, -0.25) is 0 Å². The summed E-state index contributed by atoms with van der Waals surface area (Å²) in [6.07, 6.45) is 5.32. The molecule has 0 saturated heterocycles. The number of halogens is 3. The minimum absolute atomic E-state index is 0.533. The van der Waals surface area contributed by atoms with Gasteiger partial charge in [0.25, 0.3) is 0 Å². The van der Waals surface area contributed by atoms with Crippen molar-refractivity contribution in [2.45, 2.75) is 26.4 Å². The van der Waals surface area contributed by atoms with Gasteiger partial charge in [-0.1, -0.05) is 41.7 Å². The van der Waals surface area contributed by atoms with Crippen LogP contribution in [0.5, 0.6) is 0 Å². The summed E-state index contributed by atoms with van der Waals surface area (Å²) in [6.45, 7) is 3.87. The fraction of sp³-hybridized carbons (Fsp3) is 0.286. The number of anilines is 1. The van der Waals surface area contributed by atoms with E-state index in [4.69, 9.17) is 34.8 Å². The first-order valence-electron chi connectivity index (χ1n) is 6.13. The van der Waals surface area contributed by atoms with Gasteiger partial charge in [0, 0.05) is 30.5 Å². The van der Waals surface area contributed by atoms with Crippen LogP contribution in [0, 0.1) is 0 Å². The molecule has 0 saturated carbocycles. The molecule has 2 aromatic rings. The summed E-state index contributed by atoms with van der Waals surface area (Å²) in [7, 11) is 0. The van der Waals surface area contributed by atoms with E-state index in [1.54, 1.807) is 12.1 Å². The molecule has 0 aliphatic heterocycles. The maximum atomic E-state index is 6.12. The predicted molar refractivity (Wildman–Crippen MR) is 83.5 cm³/mol. The first-order chi connectivity index (χ1) is 9.10. The molecule has 102 valence electrons. The molecule has 1 aromatic heterocycles. The number of nitrogens with one attached hydrogen (secondary N) is 1. The fourth-order valence-electron chi connectivity index (χ4n) is 1.89. The Kier molecular flexibility index (Phi) is 5.03. The van der Waals surface area contributed by atoms with Gasteiger partial charge in [0.05, 0.1) is 15.7 Å². The molecule has 2 rings (SSSR count). The first-order valence-corrected chi connectivity index (χ1v) is 7.26. The molecule has 0 bridgehead atoms. The van der Waals surface area contributed by atoms with E-state index in [-0.39, 0.29) is 0 Å². The van der Waals surface area contributed by atoms with Crippen molar-refractivity contribution in [1.82, 2.24) is 4.57 Å². The maximum Gasteiger partial charge on any atom is 0.0722 e. The van der Waals surface area contributed by atoms with Crippen LogP contribution >= 0.6 is 34.8 Å². The van der Waals surface area contributed by atoms with Crippen LogP contribution in [0.25, 0.3) is 0 Å². The Morgan fingerprint density at radius 2 is 1.84 bits per heavy atom. The van der Waals surface area contributed by atoms with Gasteiger partial charge < -0.3 is 9.88 Å². The lowest BCUT2D eigenvalue weighted by Gasteiger charge is -2.10. The van der Waals surface area contributed by atoms with E-state index in [2.05, 4.69) is 35.3 Å². The fourth-order valence-corrected chi connectivity index (χ4v) is 2.84. The lowest BCUT2D eigenvalue weighted by molar-refractivity contribution is 0.682. The van der Waals surface area contributed by atoms with Crippen molar-refractivity contribution in [2.24, 2.45) is 0 Å². The highest BCUT2D eigenvalue weighted by Gasteiger charge is 2.07. The number of rotatable bonds is 5. The van der Waals surface area contributed by atoms with Gasteiger partial charge in [0.1, 0.15) is 0 Å². The van der Waals surface area contributed by atoms with Crippen molar-refractivity contribution >= 4 is 40.5 Å². The van der Waals surface area contributed by atoms with Crippen LogP contribution in [-0.4, -0.2) is 4.57 Å². The standard InChI is InChI=1S/C14H15Cl3N2/c1-2-4-19-5-3-10(9-19)8-18-14-12(16)6-11(15)7-13(14)17/h3,5-7,9,18H,2,4,8H2,1H3. The molecule has 5 heteroatoms. The van der Waals surface area contributed by atoms with Crippen molar-refractivity contribution in [3.8, 4) is 0 Å². The highest BCUT2D eigenvalue weighted by atomic mass is 35.5. The summed E-state index contributed by atoms with van der Waals surface area (Å²) in [5.74, 6) is 0. The molecule has 2 nitrogen and oxygen atoms in total. The Labute approximate surface area is 128 Å². The van der Waals surface area contributed by atoms with Gasteiger partial charge >= 0.3 is 0 Å². The molecule has 19 heavy (non-hydrogen) atoms. The molecule has 0 radical (unpaired) electrons. The molecule has 0 aliphatic carbocycles. The van der Waals surface area contributed by atoms with Crippen LogP contribution in [0.4, 0.5) is 5.69 Å². The zero-order valence-electron chi connectivity index (χ0n) is 10.6. The van der Waals surface area contributed by atoms with Crippen LogP contribution in [0.15, 0.2) is 30.6 Å². The van der Waals surface area contributed by atoms with Crippen LogP contribution in [0.3, 0.4) is 0 Å². The molecule has 0 unspecified atom stereocenters. The van der Waals surface area contributed by atoms with Gasteiger partial charge in [0.15, 0.2) is 0 Å². The average Bonchev–Trinajstić information content (AvgIpc) is 2.76. The second-order valence-corrected chi connectivity index (χ2v) is 5.61. The summed E-state index contributed by atoms with van der Waals surface area (Å²) in [5.41, 5.74) is 1.91. The molecule has 0 fully saturated rings. The third-order valence-electron chi connectivity index (χ3n) is 2.77. The van der Waals surface area contributed by atoms with Crippen LogP contribution < -0.4 is 5.32 Å². The van der Waals surface area contributed by atoms with E-state index in [0.29, 0.717) is 21.6 Å². The summed E-state index contributed by atoms with van der Waals surface area (Å²) < 4.78 is 2.17. The molecule has 1 N–H and O–H groups in total. The highest BCUT2D eigenvalue weighted by Crippen LogP contribution is 2.33. The van der Waals surface area contributed by atoms with Crippen molar-refractivity contribution in [2.75, 3.05) is 5.32 Å². The first kappa shape index (κ1) is 14.6. The minimum atomic E-state index is 0.533. The molecule has 1 heterocycles.